The Morgan fingerprint density at radius 3 is 2.09 bits per heavy atom. The van der Waals surface area contributed by atoms with E-state index in [0.29, 0.717) is 16.9 Å². The van der Waals surface area contributed by atoms with E-state index in [-0.39, 0.29) is 16.9 Å². The fourth-order valence-corrected chi connectivity index (χ4v) is 2.53. The second-order valence-electron chi connectivity index (χ2n) is 4.65. The summed E-state index contributed by atoms with van der Waals surface area (Å²) in [6.07, 6.45) is 0. The molecule has 0 aliphatic heterocycles. The summed E-state index contributed by atoms with van der Waals surface area (Å²) in [5, 5.41) is 8.38. The molecule has 2 aromatic carbocycles. The molecule has 0 heterocycles. The van der Waals surface area contributed by atoms with E-state index < -0.39 is 0 Å². The molecule has 118 valence electrons. The standard InChI is InChI=1S/C16H14BrN3O2S/c1-10(21)18-16(23)20-12-8-6-11(7-9-12)19-15(22)13-4-2-3-5-14(13)17/h2-9H,1H3,(H,19,22)(H2,18,20,21,23). The number of halogens is 1. The highest BCUT2D eigenvalue weighted by molar-refractivity contribution is 9.10. The van der Waals surface area contributed by atoms with Crippen molar-refractivity contribution in [3.63, 3.8) is 0 Å². The predicted molar refractivity (Wildman–Crippen MR) is 98.6 cm³/mol. The molecule has 0 aromatic heterocycles. The van der Waals surface area contributed by atoms with Crippen molar-refractivity contribution in [3.8, 4) is 0 Å². The highest BCUT2D eigenvalue weighted by atomic mass is 79.9. The molecule has 5 nitrogen and oxygen atoms in total. The first kappa shape index (κ1) is 17.1. The van der Waals surface area contributed by atoms with Gasteiger partial charge in [0.25, 0.3) is 5.91 Å². The fraction of sp³-hybridized carbons (Fsp3) is 0.0625. The van der Waals surface area contributed by atoms with Crippen LogP contribution in [0.1, 0.15) is 17.3 Å². The SMILES string of the molecule is CC(=O)NC(=S)Nc1ccc(NC(=O)c2ccccc2Br)cc1. The summed E-state index contributed by atoms with van der Waals surface area (Å²) in [5.74, 6) is -0.438. The van der Waals surface area contributed by atoms with Gasteiger partial charge in [0.05, 0.1) is 5.56 Å². The normalized spacial score (nSPS) is 9.83. The number of amides is 2. The van der Waals surface area contributed by atoms with E-state index in [9.17, 15) is 9.59 Å². The van der Waals surface area contributed by atoms with Gasteiger partial charge in [0.2, 0.25) is 5.91 Å². The van der Waals surface area contributed by atoms with Gasteiger partial charge >= 0.3 is 0 Å². The predicted octanol–water partition coefficient (Wildman–Crippen LogP) is 3.53. The summed E-state index contributed by atoms with van der Waals surface area (Å²) in [4.78, 5) is 23.1. The topological polar surface area (TPSA) is 70.2 Å². The Kier molecular flexibility index (Phi) is 5.84. The molecule has 0 radical (unpaired) electrons. The third-order valence-corrected chi connectivity index (χ3v) is 3.70. The monoisotopic (exact) mass is 391 g/mol. The van der Waals surface area contributed by atoms with Crippen molar-refractivity contribution in [1.29, 1.82) is 0 Å². The van der Waals surface area contributed by atoms with E-state index in [4.69, 9.17) is 12.2 Å². The smallest absolute Gasteiger partial charge is 0.256 e. The zero-order chi connectivity index (χ0) is 16.8. The van der Waals surface area contributed by atoms with E-state index in [1.165, 1.54) is 6.92 Å². The molecule has 0 spiro atoms. The molecule has 0 saturated carbocycles. The van der Waals surface area contributed by atoms with Crippen molar-refractivity contribution in [3.05, 3.63) is 58.6 Å². The molecule has 2 rings (SSSR count). The second kappa shape index (κ2) is 7.85. The first-order valence-corrected chi connectivity index (χ1v) is 7.90. The first-order chi connectivity index (χ1) is 11.0. The molecule has 0 atom stereocenters. The van der Waals surface area contributed by atoms with Crippen molar-refractivity contribution < 1.29 is 9.59 Å². The molecular formula is C16H14BrN3O2S. The minimum absolute atomic E-state index is 0.202. The summed E-state index contributed by atoms with van der Waals surface area (Å²) < 4.78 is 0.733. The maximum Gasteiger partial charge on any atom is 0.256 e. The highest BCUT2D eigenvalue weighted by Crippen LogP contribution is 2.19. The van der Waals surface area contributed by atoms with E-state index in [0.717, 1.165) is 4.47 Å². The van der Waals surface area contributed by atoms with Crippen molar-refractivity contribution in [2.45, 2.75) is 6.92 Å². The molecule has 0 aliphatic carbocycles. The molecule has 3 N–H and O–H groups in total. The van der Waals surface area contributed by atoms with Crippen LogP contribution in [0.4, 0.5) is 11.4 Å². The molecule has 7 heteroatoms. The average Bonchev–Trinajstić information content (AvgIpc) is 2.48. The van der Waals surface area contributed by atoms with Crippen LogP contribution in [0.5, 0.6) is 0 Å². The van der Waals surface area contributed by atoms with Crippen LogP contribution in [0, 0.1) is 0 Å². The van der Waals surface area contributed by atoms with E-state index in [1.807, 2.05) is 12.1 Å². The Hall–Kier alpha value is -2.25. The van der Waals surface area contributed by atoms with Gasteiger partial charge < -0.3 is 16.0 Å². The van der Waals surface area contributed by atoms with Gasteiger partial charge in [-0.15, -0.1) is 0 Å². The molecule has 23 heavy (non-hydrogen) atoms. The number of hydrogen-bond acceptors (Lipinski definition) is 3. The van der Waals surface area contributed by atoms with E-state index >= 15 is 0 Å². The van der Waals surface area contributed by atoms with Crippen LogP contribution in [0.25, 0.3) is 0 Å². The van der Waals surface area contributed by atoms with Crippen LogP contribution >= 0.6 is 28.1 Å². The van der Waals surface area contributed by atoms with Gasteiger partial charge in [-0.05, 0) is 64.5 Å². The van der Waals surface area contributed by atoms with E-state index in [2.05, 4.69) is 31.9 Å². The van der Waals surface area contributed by atoms with Gasteiger partial charge in [-0.25, -0.2) is 0 Å². The Labute approximate surface area is 147 Å². The summed E-state index contributed by atoms with van der Waals surface area (Å²) in [5.41, 5.74) is 1.92. The number of thiocarbonyl (C=S) groups is 1. The van der Waals surface area contributed by atoms with Crippen molar-refractivity contribution >= 4 is 56.4 Å². The van der Waals surface area contributed by atoms with E-state index in [1.54, 1.807) is 36.4 Å². The van der Waals surface area contributed by atoms with Gasteiger partial charge in [0.1, 0.15) is 0 Å². The minimum Gasteiger partial charge on any atom is -0.332 e. The average molecular weight is 392 g/mol. The Bertz CT molecular complexity index is 747. The summed E-state index contributed by atoms with van der Waals surface area (Å²) in [6, 6.07) is 14.2. The van der Waals surface area contributed by atoms with Gasteiger partial charge in [0, 0.05) is 22.8 Å². The van der Waals surface area contributed by atoms with Crippen LogP contribution in [-0.4, -0.2) is 16.9 Å². The largest absolute Gasteiger partial charge is 0.332 e. The molecule has 0 saturated heterocycles. The van der Waals surface area contributed by atoms with Crippen LogP contribution in [0.3, 0.4) is 0 Å². The molecule has 0 bridgehead atoms. The van der Waals surface area contributed by atoms with Gasteiger partial charge in [0.15, 0.2) is 5.11 Å². The minimum atomic E-state index is -0.236. The molecule has 2 aromatic rings. The third-order valence-electron chi connectivity index (χ3n) is 2.81. The third kappa shape index (κ3) is 5.15. The number of nitrogens with one attached hydrogen (secondary N) is 3. The van der Waals surface area contributed by atoms with Crippen LogP contribution in [0.2, 0.25) is 0 Å². The molecule has 0 fully saturated rings. The van der Waals surface area contributed by atoms with Crippen molar-refractivity contribution in [2.75, 3.05) is 10.6 Å². The zero-order valence-corrected chi connectivity index (χ0v) is 14.6. The highest BCUT2D eigenvalue weighted by Gasteiger charge is 2.09. The number of rotatable bonds is 3. The van der Waals surface area contributed by atoms with Crippen LogP contribution in [0.15, 0.2) is 53.0 Å². The number of hydrogen-bond donors (Lipinski definition) is 3. The lowest BCUT2D eigenvalue weighted by molar-refractivity contribution is -0.117. The number of anilines is 2. The fourth-order valence-electron chi connectivity index (χ4n) is 1.80. The van der Waals surface area contributed by atoms with Crippen LogP contribution in [-0.2, 0) is 4.79 Å². The van der Waals surface area contributed by atoms with Gasteiger partial charge in [-0.1, -0.05) is 12.1 Å². The lowest BCUT2D eigenvalue weighted by Gasteiger charge is -2.10. The Morgan fingerprint density at radius 1 is 0.957 bits per heavy atom. The molecule has 2 amide bonds. The maximum atomic E-state index is 12.2. The van der Waals surface area contributed by atoms with Gasteiger partial charge in [-0.2, -0.15) is 0 Å². The Morgan fingerprint density at radius 2 is 1.52 bits per heavy atom. The molecular weight excluding hydrogens is 378 g/mol. The number of benzene rings is 2. The lowest BCUT2D eigenvalue weighted by atomic mass is 10.2. The van der Waals surface area contributed by atoms with Gasteiger partial charge in [-0.3, -0.25) is 9.59 Å². The molecule has 0 aliphatic rings. The number of carbonyl (C=O) groups excluding carboxylic acids is 2. The van der Waals surface area contributed by atoms with Crippen LogP contribution < -0.4 is 16.0 Å². The number of carbonyl (C=O) groups is 2. The maximum absolute atomic E-state index is 12.2. The summed E-state index contributed by atoms with van der Waals surface area (Å²) in [6.45, 7) is 1.38. The first-order valence-electron chi connectivity index (χ1n) is 6.70. The zero-order valence-electron chi connectivity index (χ0n) is 12.2. The Balaban J connectivity index is 2.00. The summed E-state index contributed by atoms with van der Waals surface area (Å²) in [7, 11) is 0. The van der Waals surface area contributed by atoms with Crippen molar-refractivity contribution in [1.82, 2.24) is 5.32 Å². The molecule has 0 unspecified atom stereocenters. The van der Waals surface area contributed by atoms with Crippen molar-refractivity contribution in [2.24, 2.45) is 0 Å². The quantitative estimate of drug-likeness (QED) is 0.699. The second-order valence-corrected chi connectivity index (χ2v) is 5.91. The summed E-state index contributed by atoms with van der Waals surface area (Å²) >= 11 is 8.32. The lowest BCUT2D eigenvalue weighted by Crippen LogP contribution is -2.32.